The summed E-state index contributed by atoms with van der Waals surface area (Å²) in [6.07, 6.45) is 2.96. The summed E-state index contributed by atoms with van der Waals surface area (Å²) in [5.74, 6) is 0.921. The summed E-state index contributed by atoms with van der Waals surface area (Å²) in [6, 6.07) is 4.06. The highest BCUT2D eigenvalue weighted by Crippen LogP contribution is 2.37. The highest BCUT2D eigenvalue weighted by Gasteiger charge is 2.25. The van der Waals surface area contributed by atoms with Crippen LogP contribution in [0.3, 0.4) is 0 Å². The van der Waals surface area contributed by atoms with Gasteiger partial charge >= 0.3 is 0 Å². The average molecular weight is 275 g/mol. The lowest BCUT2D eigenvalue weighted by Gasteiger charge is -2.15. The topological polar surface area (TPSA) is 51.4 Å². The predicted molar refractivity (Wildman–Crippen MR) is 78.6 cm³/mol. The average Bonchev–Trinajstić information content (AvgIpc) is 2.94. The van der Waals surface area contributed by atoms with E-state index in [9.17, 15) is 0 Å². The normalized spacial score (nSPS) is 17.5. The number of hydrogen-bond acceptors (Lipinski definition) is 5. The number of aromatic nitrogens is 1. The van der Waals surface area contributed by atoms with Crippen molar-refractivity contribution < 1.29 is 4.74 Å². The van der Waals surface area contributed by atoms with Crippen molar-refractivity contribution in [3.63, 3.8) is 0 Å². The van der Waals surface area contributed by atoms with E-state index < -0.39 is 0 Å². The van der Waals surface area contributed by atoms with Gasteiger partial charge in [0.1, 0.15) is 16.9 Å². The number of thiazole rings is 1. The molecule has 0 aliphatic carbocycles. The number of nitrogens with zero attached hydrogens (tertiary/aromatic N) is 2. The summed E-state index contributed by atoms with van der Waals surface area (Å²) in [5, 5.41) is 2.93. The molecule has 100 valence electrons. The Hall–Kier alpha value is -1.59. The first kappa shape index (κ1) is 12.4. The van der Waals surface area contributed by atoms with Crippen LogP contribution in [0.5, 0.6) is 5.75 Å². The SMILES string of the molecule is CN(C)CC1Cc2cc(-c3nccs3)c(N)cc2O1. The third-order valence-corrected chi connectivity index (χ3v) is 4.01. The molecule has 0 spiro atoms. The molecule has 19 heavy (non-hydrogen) atoms. The van der Waals surface area contributed by atoms with Gasteiger partial charge in [-0.1, -0.05) is 0 Å². The lowest BCUT2D eigenvalue weighted by Crippen LogP contribution is -2.29. The predicted octanol–water partition coefficient (Wildman–Crippen LogP) is 2.26. The van der Waals surface area contributed by atoms with E-state index in [-0.39, 0.29) is 6.10 Å². The monoisotopic (exact) mass is 275 g/mol. The highest BCUT2D eigenvalue weighted by molar-refractivity contribution is 7.13. The van der Waals surface area contributed by atoms with E-state index in [1.165, 1.54) is 5.56 Å². The molecule has 0 fully saturated rings. The zero-order chi connectivity index (χ0) is 13.4. The van der Waals surface area contributed by atoms with Crippen LogP contribution in [0.4, 0.5) is 5.69 Å². The van der Waals surface area contributed by atoms with Crippen molar-refractivity contribution in [3.05, 3.63) is 29.3 Å². The smallest absolute Gasteiger partial charge is 0.125 e. The molecule has 1 aromatic carbocycles. The Balaban J connectivity index is 1.90. The summed E-state index contributed by atoms with van der Waals surface area (Å²) in [4.78, 5) is 6.47. The Kier molecular flexibility index (Phi) is 3.16. The van der Waals surface area contributed by atoms with Crippen LogP contribution in [0.2, 0.25) is 0 Å². The van der Waals surface area contributed by atoms with Crippen LogP contribution in [-0.2, 0) is 6.42 Å². The van der Waals surface area contributed by atoms with Gasteiger partial charge in [-0.15, -0.1) is 11.3 Å². The molecule has 5 heteroatoms. The number of ether oxygens (including phenoxy) is 1. The second kappa shape index (κ2) is 4.83. The fourth-order valence-electron chi connectivity index (χ4n) is 2.43. The Morgan fingerprint density at radius 3 is 3.00 bits per heavy atom. The van der Waals surface area contributed by atoms with E-state index in [1.54, 1.807) is 17.5 Å². The Bertz CT molecular complexity index is 581. The van der Waals surface area contributed by atoms with Crippen molar-refractivity contribution in [1.29, 1.82) is 0 Å². The lowest BCUT2D eigenvalue weighted by atomic mass is 10.0. The fraction of sp³-hybridized carbons (Fsp3) is 0.357. The van der Waals surface area contributed by atoms with Gasteiger partial charge in [-0.3, -0.25) is 0 Å². The molecule has 1 unspecified atom stereocenters. The molecule has 1 aliphatic heterocycles. The molecule has 0 amide bonds. The van der Waals surface area contributed by atoms with Crippen molar-refractivity contribution in [3.8, 4) is 16.3 Å². The Morgan fingerprint density at radius 2 is 2.32 bits per heavy atom. The number of benzene rings is 1. The van der Waals surface area contributed by atoms with E-state index in [1.807, 2.05) is 11.4 Å². The first-order chi connectivity index (χ1) is 9.13. The Morgan fingerprint density at radius 1 is 1.47 bits per heavy atom. The maximum Gasteiger partial charge on any atom is 0.125 e. The van der Waals surface area contributed by atoms with Crippen LogP contribution in [-0.4, -0.2) is 36.6 Å². The molecule has 1 atom stereocenters. The first-order valence-electron chi connectivity index (χ1n) is 6.27. The van der Waals surface area contributed by atoms with E-state index in [4.69, 9.17) is 10.5 Å². The minimum atomic E-state index is 0.218. The van der Waals surface area contributed by atoms with E-state index in [0.29, 0.717) is 0 Å². The quantitative estimate of drug-likeness (QED) is 0.873. The van der Waals surface area contributed by atoms with Crippen molar-refractivity contribution >= 4 is 17.0 Å². The molecule has 3 rings (SSSR count). The van der Waals surface area contributed by atoms with Gasteiger partial charge in [-0.25, -0.2) is 4.98 Å². The molecule has 0 bridgehead atoms. The highest BCUT2D eigenvalue weighted by atomic mass is 32.1. The second-order valence-corrected chi connectivity index (χ2v) is 5.99. The van der Waals surface area contributed by atoms with Gasteiger partial charge in [0, 0.05) is 41.9 Å². The van der Waals surface area contributed by atoms with E-state index in [0.717, 1.165) is 35.0 Å². The first-order valence-corrected chi connectivity index (χ1v) is 7.15. The van der Waals surface area contributed by atoms with Crippen LogP contribution < -0.4 is 10.5 Å². The van der Waals surface area contributed by atoms with Crippen LogP contribution >= 0.6 is 11.3 Å². The molecule has 2 heterocycles. The summed E-state index contributed by atoms with van der Waals surface area (Å²) < 4.78 is 5.93. The number of nitrogen functional groups attached to an aromatic ring is 1. The van der Waals surface area contributed by atoms with Crippen molar-refractivity contribution in [2.45, 2.75) is 12.5 Å². The minimum absolute atomic E-state index is 0.218. The number of anilines is 1. The van der Waals surface area contributed by atoms with E-state index in [2.05, 4.69) is 30.0 Å². The standard InChI is InChI=1S/C14H17N3OS/c1-17(2)8-10-5-9-6-11(14-16-3-4-19-14)12(15)7-13(9)18-10/h3-4,6-7,10H,5,8,15H2,1-2H3. The molecule has 2 aromatic rings. The molecular formula is C14H17N3OS. The van der Waals surface area contributed by atoms with Crippen molar-refractivity contribution in [1.82, 2.24) is 9.88 Å². The summed E-state index contributed by atoms with van der Waals surface area (Å²) >= 11 is 1.61. The van der Waals surface area contributed by atoms with Crippen molar-refractivity contribution in [2.24, 2.45) is 0 Å². The molecule has 4 nitrogen and oxygen atoms in total. The summed E-state index contributed by atoms with van der Waals surface area (Å²) in [7, 11) is 4.11. The van der Waals surface area contributed by atoms with Crippen LogP contribution in [0.1, 0.15) is 5.56 Å². The zero-order valence-electron chi connectivity index (χ0n) is 11.1. The fourth-order valence-corrected chi connectivity index (χ4v) is 3.10. The third kappa shape index (κ3) is 2.43. The number of likely N-dealkylation sites (N-methyl/N-ethyl adjacent to an activating group) is 1. The molecule has 0 radical (unpaired) electrons. The maximum atomic E-state index is 6.11. The lowest BCUT2D eigenvalue weighted by molar-refractivity contribution is 0.184. The third-order valence-electron chi connectivity index (χ3n) is 3.21. The van der Waals surface area contributed by atoms with Gasteiger partial charge in [-0.2, -0.15) is 0 Å². The van der Waals surface area contributed by atoms with Gasteiger partial charge < -0.3 is 15.4 Å². The van der Waals surface area contributed by atoms with Gasteiger partial charge in [0.2, 0.25) is 0 Å². The zero-order valence-corrected chi connectivity index (χ0v) is 11.9. The van der Waals surface area contributed by atoms with Gasteiger partial charge in [-0.05, 0) is 25.7 Å². The van der Waals surface area contributed by atoms with Gasteiger partial charge in [0.05, 0.1) is 0 Å². The molecule has 1 aliphatic rings. The summed E-state index contributed by atoms with van der Waals surface area (Å²) in [5.41, 5.74) is 9.09. The largest absolute Gasteiger partial charge is 0.488 e. The van der Waals surface area contributed by atoms with Crippen LogP contribution in [0.25, 0.3) is 10.6 Å². The maximum absolute atomic E-state index is 6.11. The molecule has 2 N–H and O–H groups in total. The number of fused-ring (bicyclic) bond motifs is 1. The molecule has 0 saturated carbocycles. The van der Waals surface area contributed by atoms with Gasteiger partial charge in [0.15, 0.2) is 0 Å². The molecule has 1 aromatic heterocycles. The van der Waals surface area contributed by atoms with Gasteiger partial charge in [0.25, 0.3) is 0 Å². The number of nitrogens with two attached hydrogens (primary N) is 1. The minimum Gasteiger partial charge on any atom is -0.488 e. The number of hydrogen-bond donors (Lipinski definition) is 1. The van der Waals surface area contributed by atoms with E-state index >= 15 is 0 Å². The Labute approximate surface area is 116 Å². The molecule has 0 saturated heterocycles. The second-order valence-electron chi connectivity index (χ2n) is 5.09. The number of rotatable bonds is 3. The van der Waals surface area contributed by atoms with Crippen LogP contribution in [0.15, 0.2) is 23.7 Å². The van der Waals surface area contributed by atoms with Crippen molar-refractivity contribution in [2.75, 3.05) is 26.4 Å². The summed E-state index contributed by atoms with van der Waals surface area (Å²) in [6.45, 7) is 0.918. The molecular weight excluding hydrogens is 258 g/mol. The van der Waals surface area contributed by atoms with Crippen LogP contribution in [0, 0.1) is 0 Å².